The van der Waals surface area contributed by atoms with Crippen molar-refractivity contribution in [2.45, 2.75) is 51.6 Å². The second kappa shape index (κ2) is 14.8. The zero-order chi connectivity index (χ0) is 19.1. The fourth-order valence-electron chi connectivity index (χ4n) is 1.16. The fraction of sp³-hybridized carbons (Fsp3) is 0.714. The van der Waals surface area contributed by atoms with Crippen LogP contribution in [0, 0.1) is 0 Å². The molecule has 0 rings (SSSR count). The zero-order valence-corrected chi connectivity index (χ0v) is 14.8. The molecule has 0 radical (unpaired) electrons. The third-order valence-corrected chi connectivity index (χ3v) is 3.11. The summed E-state index contributed by atoms with van der Waals surface area (Å²) in [5.41, 5.74) is 5.23. The van der Waals surface area contributed by atoms with Crippen molar-refractivity contribution in [2.24, 2.45) is 5.73 Å². The first kappa shape index (κ1) is 24.4. The minimum atomic E-state index is -1.22. The van der Waals surface area contributed by atoms with E-state index in [1.165, 1.54) is 12.8 Å². The number of nitrogens with one attached hydrogen (secondary N) is 2. The first-order valence-corrected chi connectivity index (χ1v) is 8.20. The lowest BCUT2D eigenvalue weighted by atomic mass is 10.1. The molecule has 0 saturated heterocycles. The minimum Gasteiger partial charge on any atom is -0.480 e. The number of rotatable bonds is 10. The van der Waals surface area contributed by atoms with Crippen molar-refractivity contribution >= 4 is 36.4 Å². The van der Waals surface area contributed by atoms with E-state index in [9.17, 15) is 19.2 Å². The van der Waals surface area contributed by atoms with Crippen LogP contribution >= 0.6 is 12.6 Å². The van der Waals surface area contributed by atoms with Crippen molar-refractivity contribution < 1.29 is 29.4 Å². The van der Waals surface area contributed by atoms with E-state index in [2.05, 4.69) is 37.1 Å². The Kier molecular flexibility index (Phi) is 15.0. The summed E-state index contributed by atoms with van der Waals surface area (Å²) in [7, 11) is 0. The van der Waals surface area contributed by atoms with E-state index in [0.717, 1.165) is 0 Å². The van der Waals surface area contributed by atoms with Crippen LogP contribution in [0.4, 0.5) is 0 Å². The van der Waals surface area contributed by atoms with E-state index in [1.807, 2.05) is 0 Å². The van der Waals surface area contributed by atoms with Crippen LogP contribution < -0.4 is 16.4 Å². The summed E-state index contributed by atoms with van der Waals surface area (Å²) in [6.45, 7) is 3.79. The molecule has 0 aliphatic heterocycles. The van der Waals surface area contributed by atoms with Crippen LogP contribution in [0.25, 0.3) is 0 Å². The smallest absolute Gasteiger partial charge is 0.322 e. The Morgan fingerprint density at radius 3 is 2.04 bits per heavy atom. The normalized spacial score (nSPS) is 12.2. The SMILES string of the molecule is CCCC.N[C@@H](CCC(=O)N[C@@H](CS)C(=O)NCC(=O)O)C(=O)O. The summed E-state index contributed by atoms with van der Waals surface area (Å²) in [6, 6.07) is -2.15. The van der Waals surface area contributed by atoms with Gasteiger partial charge in [0, 0.05) is 12.2 Å². The lowest BCUT2D eigenvalue weighted by Crippen LogP contribution is -2.49. The molecule has 0 unspecified atom stereocenters. The number of aliphatic carboxylic acids is 2. The molecular formula is C14H27N3O6S. The Balaban J connectivity index is 0. The first-order valence-electron chi connectivity index (χ1n) is 7.57. The van der Waals surface area contributed by atoms with Crippen molar-refractivity contribution in [1.29, 1.82) is 0 Å². The Bertz CT molecular complexity index is 417. The summed E-state index contributed by atoms with van der Waals surface area (Å²) in [4.78, 5) is 43.7. The maximum atomic E-state index is 11.5. The van der Waals surface area contributed by atoms with E-state index >= 15 is 0 Å². The molecule has 6 N–H and O–H groups in total. The van der Waals surface area contributed by atoms with E-state index < -0.39 is 42.4 Å². The molecule has 0 aromatic carbocycles. The van der Waals surface area contributed by atoms with Crippen LogP contribution in [0.3, 0.4) is 0 Å². The molecule has 0 aromatic rings. The quantitative estimate of drug-likeness (QED) is 0.287. The monoisotopic (exact) mass is 365 g/mol. The van der Waals surface area contributed by atoms with Crippen LogP contribution in [0.5, 0.6) is 0 Å². The number of hydrogen-bond acceptors (Lipinski definition) is 6. The fourth-order valence-corrected chi connectivity index (χ4v) is 1.41. The molecule has 2 amide bonds. The minimum absolute atomic E-state index is 0.0256. The van der Waals surface area contributed by atoms with Gasteiger partial charge in [-0.3, -0.25) is 19.2 Å². The Hall–Kier alpha value is -1.81. The number of carboxylic acid groups (broad SMARTS) is 2. The van der Waals surface area contributed by atoms with E-state index in [1.54, 1.807) is 0 Å². The number of amides is 2. The zero-order valence-electron chi connectivity index (χ0n) is 13.9. The number of nitrogens with two attached hydrogens (primary N) is 1. The van der Waals surface area contributed by atoms with Gasteiger partial charge in [0.1, 0.15) is 18.6 Å². The number of carboxylic acids is 2. The second-order valence-corrected chi connectivity index (χ2v) is 5.26. The summed E-state index contributed by atoms with van der Waals surface area (Å²) < 4.78 is 0. The third kappa shape index (κ3) is 13.8. The highest BCUT2D eigenvalue weighted by Crippen LogP contribution is 1.97. The lowest BCUT2D eigenvalue weighted by molar-refractivity contribution is -0.139. The standard InChI is InChI=1S/C10H17N3O6S.C4H10/c11-5(10(18)19)1-2-7(14)13-6(4-20)9(17)12-3-8(15)16;1-3-4-2/h5-6,20H,1-4,11H2,(H,12,17)(H,13,14)(H,15,16)(H,18,19);3-4H2,1-2H3/t5-,6-;/m0./s1. The Morgan fingerprint density at radius 2 is 1.67 bits per heavy atom. The summed E-state index contributed by atoms with van der Waals surface area (Å²) in [6.07, 6.45) is 2.40. The lowest BCUT2D eigenvalue weighted by Gasteiger charge is -2.16. The molecule has 0 bridgehead atoms. The molecule has 10 heteroatoms. The van der Waals surface area contributed by atoms with Crippen molar-refractivity contribution in [3.63, 3.8) is 0 Å². The number of thiol groups is 1. The highest BCUT2D eigenvalue weighted by Gasteiger charge is 2.20. The summed E-state index contributed by atoms with van der Waals surface area (Å²) >= 11 is 3.87. The van der Waals surface area contributed by atoms with Gasteiger partial charge in [-0.1, -0.05) is 26.7 Å². The molecule has 0 heterocycles. The summed E-state index contributed by atoms with van der Waals surface area (Å²) in [5, 5.41) is 21.4. The predicted molar refractivity (Wildman–Crippen MR) is 91.9 cm³/mol. The number of unbranched alkanes of at least 4 members (excludes halogenated alkanes) is 1. The van der Waals surface area contributed by atoms with Gasteiger partial charge in [-0.2, -0.15) is 12.6 Å². The Labute approximate surface area is 146 Å². The molecule has 0 aromatic heterocycles. The van der Waals surface area contributed by atoms with Crippen LogP contribution in [0.2, 0.25) is 0 Å². The van der Waals surface area contributed by atoms with E-state index in [4.69, 9.17) is 15.9 Å². The van der Waals surface area contributed by atoms with Crippen LogP contribution in [0.15, 0.2) is 0 Å². The molecule has 0 saturated carbocycles. The topological polar surface area (TPSA) is 159 Å². The highest BCUT2D eigenvalue weighted by molar-refractivity contribution is 7.80. The molecule has 0 aliphatic rings. The molecule has 9 nitrogen and oxygen atoms in total. The van der Waals surface area contributed by atoms with E-state index in [0.29, 0.717) is 0 Å². The molecule has 0 aliphatic carbocycles. The van der Waals surface area contributed by atoms with E-state index in [-0.39, 0.29) is 18.6 Å². The van der Waals surface area contributed by atoms with Gasteiger partial charge < -0.3 is 26.6 Å². The largest absolute Gasteiger partial charge is 0.480 e. The van der Waals surface area contributed by atoms with Gasteiger partial charge in [-0.05, 0) is 6.42 Å². The average Bonchev–Trinajstić information content (AvgIpc) is 2.55. The molecule has 24 heavy (non-hydrogen) atoms. The predicted octanol–water partition coefficient (Wildman–Crippen LogP) is -0.400. The first-order chi connectivity index (χ1) is 11.2. The van der Waals surface area contributed by atoms with Gasteiger partial charge in [-0.25, -0.2) is 0 Å². The van der Waals surface area contributed by atoms with Crippen LogP contribution in [0.1, 0.15) is 39.5 Å². The maximum absolute atomic E-state index is 11.5. The number of carbonyl (C=O) groups is 4. The second-order valence-electron chi connectivity index (χ2n) is 4.90. The third-order valence-electron chi connectivity index (χ3n) is 2.75. The van der Waals surface area contributed by atoms with Crippen LogP contribution in [-0.4, -0.2) is 58.3 Å². The summed E-state index contributed by atoms with van der Waals surface area (Å²) in [5.74, 6) is -3.70. The van der Waals surface area contributed by atoms with Gasteiger partial charge in [0.15, 0.2) is 0 Å². The van der Waals surface area contributed by atoms with Gasteiger partial charge >= 0.3 is 11.9 Å². The van der Waals surface area contributed by atoms with Crippen molar-refractivity contribution in [2.75, 3.05) is 12.3 Å². The van der Waals surface area contributed by atoms with Gasteiger partial charge in [0.25, 0.3) is 0 Å². The maximum Gasteiger partial charge on any atom is 0.322 e. The molecule has 2 atom stereocenters. The molecule has 140 valence electrons. The Morgan fingerprint density at radius 1 is 1.12 bits per heavy atom. The average molecular weight is 365 g/mol. The van der Waals surface area contributed by atoms with Crippen molar-refractivity contribution in [1.82, 2.24) is 10.6 Å². The van der Waals surface area contributed by atoms with Gasteiger partial charge in [0.05, 0.1) is 0 Å². The van der Waals surface area contributed by atoms with Crippen molar-refractivity contribution in [3.05, 3.63) is 0 Å². The number of carbonyl (C=O) groups excluding carboxylic acids is 2. The molecule has 0 fully saturated rings. The van der Waals surface area contributed by atoms with Crippen molar-refractivity contribution in [3.8, 4) is 0 Å². The van der Waals surface area contributed by atoms with Crippen LogP contribution in [-0.2, 0) is 19.2 Å². The molecule has 0 spiro atoms. The number of hydrogen-bond donors (Lipinski definition) is 6. The van der Waals surface area contributed by atoms with Gasteiger partial charge in [-0.15, -0.1) is 0 Å². The molecular weight excluding hydrogens is 338 g/mol. The van der Waals surface area contributed by atoms with Gasteiger partial charge in [0.2, 0.25) is 11.8 Å². The highest BCUT2D eigenvalue weighted by atomic mass is 32.1.